The number of ether oxygens (including phenoxy) is 1. The van der Waals surface area contributed by atoms with Gasteiger partial charge in [-0.15, -0.1) is 0 Å². The molecule has 1 radical (unpaired) electrons. The topological polar surface area (TPSA) is 22.4 Å². The Morgan fingerprint density at radius 1 is 1.50 bits per heavy atom. The number of rotatable bonds is 1. The molecule has 12 heavy (non-hydrogen) atoms. The van der Waals surface area contributed by atoms with E-state index in [1.165, 1.54) is 0 Å². The van der Waals surface area contributed by atoms with Crippen molar-refractivity contribution in [3.8, 4) is 5.75 Å². The lowest BCUT2D eigenvalue weighted by atomic mass is 10.2. The van der Waals surface area contributed by atoms with Crippen LogP contribution < -0.4 is 4.74 Å². The van der Waals surface area contributed by atoms with Crippen LogP contribution in [0.15, 0.2) is 27.1 Å². The number of furan rings is 1. The SMILES string of the molecule is COc1cc(Br)c2o[c]cc2c1. The second kappa shape index (κ2) is 2.83. The summed E-state index contributed by atoms with van der Waals surface area (Å²) in [7, 11) is 1.64. The molecule has 0 fully saturated rings. The van der Waals surface area contributed by atoms with E-state index in [1.807, 2.05) is 12.1 Å². The fraction of sp³-hybridized carbons (Fsp3) is 0.111. The normalized spacial score (nSPS) is 10.5. The van der Waals surface area contributed by atoms with Gasteiger partial charge in [0.1, 0.15) is 11.3 Å². The van der Waals surface area contributed by atoms with Crippen molar-refractivity contribution < 1.29 is 9.15 Å². The number of hydrogen-bond donors (Lipinski definition) is 0. The molecule has 0 saturated heterocycles. The van der Waals surface area contributed by atoms with Crippen molar-refractivity contribution in [2.45, 2.75) is 0 Å². The fourth-order valence-corrected chi connectivity index (χ4v) is 1.61. The number of methoxy groups -OCH3 is 1. The average molecular weight is 226 g/mol. The summed E-state index contributed by atoms with van der Waals surface area (Å²) in [6.07, 6.45) is 2.67. The second-order valence-electron chi connectivity index (χ2n) is 2.39. The van der Waals surface area contributed by atoms with E-state index >= 15 is 0 Å². The molecular formula is C9H6BrO2. The van der Waals surface area contributed by atoms with Gasteiger partial charge in [-0.1, -0.05) is 0 Å². The Bertz CT molecular complexity index is 406. The molecule has 2 aromatic rings. The first kappa shape index (κ1) is 7.68. The minimum Gasteiger partial charge on any atom is -0.497 e. The van der Waals surface area contributed by atoms with Crippen molar-refractivity contribution in [3.05, 3.63) is 28.9 Å². The third-order valence-corrected chi connectivity index (χ3v) is 2.25. The number of hydrogen-bond acceptors (Lipinski definition) is 2. The Kier molecular flexibility index (Phi) is 1.81. The number of halogens is 1. The van der Waals surface area contributed by atoms with Crippen molar-refractivity contribution in [2.24, 2.45) is 0 Å². The van der Waals surface area contributed by atoms with Gasteiger partial charge in [0, 0.05) is 5.39 Å². The molecule has 0 amide bonds. The van der Waals surface area contributed by atoms with Crippen LogP contribution in [-0.4, -0.2) is 7.11 Å². The summed E-state index contributed by atoms with van der Waals surface area (Å²) in [5, 5.41) is 0.987. The highest BCUT2D eigenvalue weighted by molar-refractivity contribution is 9.10. The van der Waals surface area contributed by atoms with Gasteiger partial charge in [-0.2, -0.15) is 0 Å². The summed E-state index contributed by atoms with van der Waals surface area (Å²) in [6.45, 7) is 0. The quantitative estimate of drug-likeness (QED) is 0.745. The van der Waals surface area contributed by atoms with Crippen molar-refractivity contribution in [1.82, 2.24) is 0 Å². The van der Waals surface area contributed by atoms with Gasteiger partial charge in [0.15, 0.2) is 6.26 Å². The van der Waals surface area contributed by atoms with Gasteiger partial charge in [-0.3, -0.25) is 0 Å². The van der Waals surface area contributed by atoms with E-state index in [0.29, 0.717) is 0 Å². The summed E-state index contributed by atoms with van der Waals surface area (Å²) < 4.78 is 11.1. The molecule has 1 aromatic carbocycles. The van der Waals surface area contributed by atoms with E-state index in [2.05, 4.69) is 22.2 Å². The van der Waals surface area contributed by atoms with Crippen molar-refractivity contribution in [2.75, 3.05) is 7.11 Å². The molecule has 1 heterocycles. The van der Waals surface area contributed by atoms with Crippen LogP contribution in [0.4, 0.5) is 0 Å². The zero-order valence-corrected chi connectivity index (χ0v) is 8.01. The zero-order valence-electron chi connectivity index (χ0n) is 6.43. The summed E-state index contributed by atoms with van der Waals surface area (Å²) in [5.41, 5.74) is 0.802. The third-order valence-electron chi connectivity index (χ3n) is 1.66. The van der Waals surface area contributed by atoms with Crippen LogP contribution in [0.3, 0.4) is 0 Å². The van der Waals surface area contributed by atoms with Gasteiger partial charge >= 0.3 is 0 Å². The van der Waals surface area contributed by atoms with Crippen LogP contribution in [0.2, 0.25) is 0 Å². The first-order valence-electron chi connectivity index (χ1n) is 3.44. The lowest BCUT2D eigenvalue weighted by Gasteiger charge is -1.99. The molecule has 0 spiro atoms. The molecule has 0 aliphatic rings. The van der Waals surface area contributed by atoms with Gasteiger partial charge < -0.3 is 9.15 Å². The van der Waals surface area contributed by atoms with E-state index in [0.717, 1.165) is 21.2 Å². The van der Waals surface area contributed by atoms with Crippen LogP contribution in [0, 0.1) is 6.26 Å². The predicted molar refractivity (Wildman–Crippen MR) is 49.3 cm³/mol. The van der Waals surface area contributed by atoms with Crippen molar-refractivity contribution in [1.29, 1.82) is 0 Å². The summed E-state index contributed by atoms with van der Waals surface area (Å²) in [6, 6.07) is 5.54. The van der Waals surface area contributed by atoms with Gasteiger partial charge in [0.2, 0.25) is 0 Å². The summed E-state index contributed by atoms with van der Waals surface area (Å²) in [4.78, 5) is 0. The van der Waals surface area contributed by atoms with E-state index in [9.17, 15) is 0 Å². The molecule has 1 aromatic heterocycles. The maximum absolute atomic E-state index is 5.12. The molecule has 3 heteroatoms. The molecule has 61 valence electrons. The maximum Gasteiger partial charge on any atom is 0.170 e. The Morgan fingerprint density at radius 3 is 3.08 bits per heavy atom. The largest absolute Gasteiger partial charge is 0.497 e. The molecule has 0 atom stereocenters. The third kappa shape index (κ3) is 1.10. The van der Waals surface area contributed by atoms with Gasteiger partial charge in [0.05, 0.1) is 11.6 Å². The molecule has 0 aliphatic heterocycles. The molecule has 0 unspecified atom stereocenters. The monoisotopic (exact) mass is 225 g/mol. The van der Waals surface area contributed by atoms with Gasteiger partial charge in [-0.05, 0) is 34.1 Å². The Morgan fingerprint density at radius 2 is 2.33 bits per heavy atom. The van der Waals surface area contributed by atoms with E-state index < -0.39 is 0 Å². The lowest BCUT2D eigenvalue weighted by molar-refractivity contribution is 0.415. The first-order chi connectivity index (χ1) is 5.81. The molecule has 0 aliphatic carbocycles. The molecule has 0 N–H and O–H groups in total. The number of benzene rings is 1. The summed E-state index contributed by atoms with van der Waals surface area (Å²) in [5.74, 6) is 0.809. The molecule has 0 saturated carbocycles. The molecule has 0 bridgehead atoms. The van der Waals surface area contributed by atoms with Crippen LogP contribution in [-0.2, 0) is 0 Å². The Labute approximate surface area is 78.3 Å². The number of fused-ring (bicyclic) bond motifs is 1. The Balaban J connectivity index is 2.75. The highest BCUT2D eigenvalue weighted by Crippen LogP contribution is 2.29. The first-order valence-corrected chi connectivity index (χ1v) is 4.23. The fourth-order valence-electron chi connectivity index (χ4n) is 1.07. The molecule has 2 rings (SSSR count). The minimum atomic E-state index is 0.802. The smallest absolute Gasteiger partial charge is 0.170 e. The van der Waals surface area contributed by atoms with E-state index in [1.54, 1.807) is 13.2 Å². The van der Waals surface area contributed by atoms with Crippen molar-refractivity contribution >= 4 is 26.9 Å². The van der Waals surface area contributed by atoms with E-state index in [4.69, 9.17) is 9.15 Å². The zero-order chi connectivity index (χ0) is 8.55. The Hall–Kier alpha value is -0.960. The van der Waals surface area contributed by atoms with E-state index in [-0.39, 0.29) is 0 Å². The van der Waals surface area contributed by atoms with Crippen LogP contribution in [0.1, 0.15) is 0 Å². The standard InChI is InChI=1S/C9H6BrO2/c1-11-7-4-6-2-3-12-9(6)8(10)5-7/h2,4-5H,1H3. The second-order valence-corrected chi connectivity index (χ2v) is 3.25. The highest BCUT2D eigenvalue weighted by atomic mass is 79.9. The predicted octanol–water partition coefficient (Wildman–Crippen LogP) is 3.00. The minimum absolute atomic E-state index is 0.802. The van der Waals surface area contributed by atoms with Crippen LogP contribution in [0.25, 0.3) is 11.0 Å². The average Bonchev–Trinajstić information content (AvgIpc) is 2.52. The van der Waals surface area contributed by atoms with Gasteiger partial charge in [-0.25, -0.2) is 0 Å². The lowest BCUT2D eigenvalue weighted by Crippen LogP contribution is -1.81. The highest BCUT2D eigenvalue weighted by Gasteiger charge is 2.04. The molecule has 2 nitrogen and oxygen atoms in total. The van der Waals surface area contributed by atoms with Crippen LogP contribution >= 0.6 is 15.9 Å². The maximum atomic E-state index is 5.12. The van der Waals surface area contributed by atoms with Gasteiger partial charge in [0.25, 0.3) is 0 Å². The van der Waals surface area contributed by atoms with Crippen LogP contribution in [0.5, 0.6) is 5.75 Å². The van der Waals surface area contributed by atoms with Crippen molar-refractivity contribution in [3.63, 3.8) is 0 Å². The molecular weight excluding hydrogens is 220 g/mol. The summed E-state index contributed by atoms with van der Waals surface area (Å²) >= 11 is 3.37.